The van der Waals surface area contributed by atoms with Crippen molar-refractivity contribution >= 4 is 10.9 Å². The molecule has 0 bridgehead atoms. The molecule has 0 aliphatic heterocycles. The van der Waals surface area contributed by atoms with E-state index in [1.165, 1.54) is 0 Å². The molecule has 0 saturated heterocycles. The van der Waals surface area contributed by atoms with Gasteiger partial charge in [-0.2, -0.15) is 0 Å². The van der Waals surface area contributed by atoms with Crippen molar-refractivity contribution in [2.45, 2.75) is 20.5 Å². The molecule has 3 aromatic rings. The van der Waals surface area contributed by atoms with Gasteiger partial charge in [0.2, 0.25) is 0 Å². The molecule has 0 saturated carbocycles. The molecule has 19 heavy (non-hydrogen) atoms. The predicted molar refractivity (Wildman–Crippen MR) is 72.1 cm³/mol. The third-order valence-electron chi connectivity index (χ3n) is 3.14. The van der Waals surface area contributed by atoms with Crippen LogP contribution < -0.4 is 4.74 Å². The summed E-state index contributed by atoms with van der Waals surface area (Å²) >= 11 is 0. The van der Waals surface area contributed by atoms with Gasteiger partial charge < -0.3 is 9.26 Å². The first kappa shape index (κ1) is 11.7. The van der Waals surface area contributed by atoms with Crippen molar-refractivity contribution in [1.29, 1.82) is 0 Å². The number of aryl methyl sites for hydroxylation is 2. The van der Waals surface area contributed by atoms with Crippen LogP contribution in [0.2, 0.25) is 0 Å². The van der Waals surface area contributed by atoms with Gasteiger partial charge in [-0.25, -0.2) is 0 Å². The standard InChI is InChI=1S/C15H14N2O2/c1-10-14(11(2)19-17-10)9-18-13-5-6-15-12(8-13)4-3-7-16-15/h3-8H,9H2,1-2H3. The number of pyridine rings is 1. The molecule has 0 unspecified atom stereocenters. The Bertz CT molecular complexity index is 699. The van der Waals surface area contributed by atoms with Crippen molar-refractivity contribution in [2.24, 2.45) is 0 Å². The van der Waals surface area contributed by atoms with Crippen LogP contribution in [-0.4, -0.2) is 10.1 Å². The second-order valence-corrected chi connectivity index (χ2v) is 4.45. The minimum absolute atomic E-state index is 0.465. The summed E-state index contributed by atoms with van der Waals surface area (Å²) in [6, 6.07) is 9.80. The van der Waals surface area contributed by atoms with Crippen LogP contribution in [0.4, 0.5) is 0 Å². The van der Waals surface area contributed by atoms with E-state index in [4.69, 9.17) is 9.26 Å². The lowest BCUT2D eigenvalue weighted by Gasteiger charge is -2.06. The van der Waals surface area contributed by atoms with Crippen LogP contribution in [0.3, 0.4) is 0 Å². The summed E-state index contributed by atoms with van der Waals surface area (Å²) in [5.41, 5.74) is 2.85. The Morgan fingerprint density at radius 1 is 1.21 bits per heavy atom. The molecule has 0 aliphatic rings. The highest BCUT2D eigenvalue weighted by Crippen LogP contribution is 2.21. The van der Waals surface area contributed by atoms with Crippen LogP contribution in [0, 0.1) is 13.8 Å². The number of aromatic nitrogens is 2. The zero-order valence-corrected chi connectivity index (χ0v) is 10.9. The Kier molecular flexibility index (Phi) is 2.91. The van der Waals surface area contributed by atoms with E-state index < -0.39 is 0 Å². The van der Waals surface area contributed by atoms with E-state index in [-0.39, 0.29) is 0 Å². The Morgan fingerprint density at radius 3 is 2.89 bits per heavy atom. The van der Waals surface area contributed by atoms with Crippen molar-refractivity contribution < 1.29 is 9.26 Å². The zero-order chi connectivity index (χ0) is 13.2. The molecule has 0 spiro atoms. The maximum Gasteiger partial charge on any atom is 0.140 e. The number of nitrogens with zero attached hydrogens (tertiary/aromatic N) is 2. The summed E-state index contributed by atoms with van der Waals surface area (Å²) in [6.07, 6.45) is 1.78. The molecule has 2 heterocycles. The Morgan fingerprint density at radius 2 is 2.11 bits per heavy atom. The van der Waals surface area contributed by atoms with E-state index in [1.54, 1.807) is 6.20 Å². The van der Waals surface area contributed by atoms with E-state index in [0.29, 0.717) is 6.61 Å². The van der Waals surface area contributed by atoms with Gasteiger partial charge in [-0.3, -0.25) is 4.98 Å². The fourth-order valence-corrected chi connectivity index (χ4v) is 2.01. The highest BCUT2D eigenvalue weighted by atomic mass is 16.5. The fourth-order valence-electron chi connectivity index (χ4n) is 2.01. The Balaban J connectivity index is 1.82. The first-order chi connectivity index (χ1) is 9.24. The van der Waals surface area contributed by atoms with Crippen LogP contribution in [0.25, 0.3) is 10.9 Å². The molecule has 0 atom stereocenters. The first-order valence-electron chi connectivity index (χ1n) is 6.13. The van der Waals surface area contributed by atoms with Crippen molar-refractivity contribution in [1.82, 2.24) is 10.1 Å². The zero-order valence-electron chi connectivity index (χ0n) is 10.9. The number of hydrogen-bond donors (Lipinski definition) is 0. The second-order valence-electron chi connectivity index (χ2n) is 4.45. The average Bonchev–Trinajstić information content (AvgIpc) is 2.76. The SMILES string of the molecule is Cc1noc(C)c1COc1ccc2ncccc2c1. The van der Waals surface area contributed by atoms with Gasteiger partial charge in [-0.05, 0) is 38.1 Å². The summed E-state index contributed by atoms with van der Waals surface area (Å²) in [5.74, 6) is 1.63. The summed E-state index contributed by atoms with van der Waals surface area (Å²) < 4.78 is 10.9. The Hall–Kier alpha value is -2.36. The summed E-state index contributed by atoms with van der Waals surface area (Å²) in [5, 5.41) is 4.98. The molecule has 0 fully saturated rings. The molecular formula is C15H14N2O2. The second kappa shape index (κ2) is 4.72. The maximum atomic E-state index is 5.79. The molecule has 0 radical (unpaired) electrons. The fraction of sp³-hybridized carbons (Fsp3) is 0.200. The summed E-state index contributed by atoms with van der Waals surface area (Å²) in [4.78, 5) is 4.28. The van der Waals surface area contributed by atoms with Gasteiger partial charge in [0, 0.05) is 11.6 Å². The third kappa shape index (κ3) is 2.29. The molecule has 3 rings (SSSR count). The number of ether oxygens (including phenoxy) is 1. The molecular weight excluding hydrogens is 240 g/mol. The average molecular weight is 254 g/mol. The summed E-state index contributed by atoms with van der Waals surface area (Å²) in [6.45, 7) is 4.27. The van der Waals surface area contributed by atoms with Crippen LogP contribution in [0.1, 0.15) is 17.0 Å². The van der Waals surface area contributed by atoms with Crippen molar-refractivity contribution in [3.63, 3.8) is 0 Å². The molecule has 96 valence electrons. The summed E-state index contributed by atoms with van der Waals surface area (Å²) in [7, 11) is 0. The molecule has 1 aromatic carbocycles. The number of fused-ring (bicyclic) bond motifs is 1. The highest BCUT2D eigenvalue weighted by Gasteiger charge is 2.09. The normalized spacial score (nSPS) is 10.8. The van der Waals surface area contributed by atoms with E-state index in [0.717, 1.165) is 33.7 Å². The monoisotopic (exact) mass is 254 g/mol. The van der Waals surface area contributed by atoms with E-state index in [2.05, 4.69) is 10.1 Å². The Labute approximate surface area is 111 Å². The first-order valence-corrected chi connectivity index (χ1v) is 6.13. The topological polar surface area (TPSA) is 48.2 Å². The lowest BCUT2D eigenvalue weighted by atomic mass is 10.2. The van der Waals surface area contributed by atoms with Crippen molar-refractivity contribution in [3.8, 4) is 5.75 Å². The molecule has 0 aliphatic carbocycles. The molecule has 4 nitrogen and oxygen atoms in total. The highest BCUT2D eigenvalue weighted by molar-refractivity contribution is 5.79. The van der Waals surface area contributed by atoms with Crippen LogP contribution in [-0.2, 0) is 6.61 Å². The van der Waals surface area contributed by atoms with Gasteiger partial charge in [-0.1, -0.05) is 11.2 Å². The number of rotatable bonds is 3. The van der Waals surface area contributed by atoms with Crippen LogP contribution >= 0.6 is 0 Å². The molecule has 4 heteroatoms. The lowest BCUT2D eigenvalue weighted by Crippen LogP contribution is -1.97. The van der Waals surface area contributed by atoms with Gasteiger partial charge in [0.1, 0.15) is 18.1 Å². The maximum absolute atomic E-state index is 5.79. The van der Waals surface area contributed by atoms with Gasteiger partial charge in [0.15, 0.2) is 0 Å². The lowest BCUT2D eigenvalue weighted by molar-refractivity contribution is 0.302. The van der Waals surface area contributed by atoms with Crippen molar-refractivity contribution in [2.75, 3.05) is 0 Å². The minimum atomic E-state index is 0.465. The smallest absolute Gasteiger partial charge is 0.140 e. The largest absolute Gasteiger partial charge is 0.489 e. The number of benzene rings is 1. The van der Waals surface area contributed by atoms with Gasteiger partial charge in [-0.15, -0.1) is 0 Å². The quantitative estimate of drug-likeness (QED) is 0.718. The van der Waals surface area contributed by atoms with Gasteiger partial charge >= 0.3 is 0 Å². The van der Waals surface area contributed by atoms with Gasteiger partial charge in [0.05, 0.1) is 16.8 Å². The van der Waals surface area contributed by atoms with E-state index >= 15 is 0 Å². The molecule has 0 N–H and O–H groups in total. The number of hydrogen-bond acceptors (Lipinski definition) is 4. The predicted octanol–water partition coefficient (Wildman–Crippen LogP) is 3.42. The molecule has 2 aromatic heterocycles. The van der Waals surface area contributed by atoms with E-state index in [1.807, 2.05) is 44.2 Å². The van der Waals surface area contributed by atoms with E-state index in [9.17, 15) is 0 Å². The molecule has 0 amide bonds. The van der Waals surface area contributed by atoms with Crippen molar-refractivity contribution in [3.05, 3.63) is 53.5 Å². The minimum Gasteiger partial charge on any atom is -0.489 e. The van der Waals surface area contributed by atoms with Crippen LogP contribution in [0.15, 0.2) is 41.1 Å². The third-order valence-corrected chi connectivity index (χ3v) is 3.14. The van der Waals surface area contributed by atoms with Gasteiger partial charge in [0.25, 0.3) is 0 Å². The van der Waals surface area contributed by atoms with Crippen LogP contribution in [0.5, 0.6) is 5.75 Å².